The molecule has 3 N–H and O–H groups in total. The number of carbonyl (C=O) groups excluding carboxylic acids is 1. The van der Waals surface area contributed by atoms with Gasteiger partial charge in [-0.1, -0.05) is 0 Å². The zero-order chi connectivity index (χ0) is 12.7. The highest BCUT2D eigenvalue weighted by molar-refractivity contribution is 14.0. The number of halogens is 1. The van der Waals surface area contributed by atoms with Crippen LogP contribution < -0.4 is 11.1 Å². The first kappa shape index (κ1) is 17.5. The van der Waals surface area contributed by atoms with Gasteiger partial charge in [0.2, 0.25) is 5.91 Å². The molecule has 1 aliphatic rings. The van der Waals surface area contributed by atoms with E-state index in [0.717, 1.165) is 45.0 Å². The zero-order valence-corrected chi connectivity index (χ0v) is 13.6. The molecule has 5 nitrogen and oxygen atoms in total. The Bertz CT molecular complexity index is 283. The highest BCUT2D eigenvalue weighted by Crippen LogP contribution is 2.19. The lowest BCUT2D eigenvalue weighted by molar-refractivity contribution is -0.119. The molecule has 0 spiro atoms. The number of hydrogen-bond acceptors (Lipinski definition) is 2. The van der Waals surface area contributed by atoms with Crippen LogP contribution in [0.5, 0.6) is 0 Å². The van der Waals surface area contributed by atoms with Gasteiger partial charge in [0.05, 0.1) is 0 Å². The molecule has 1 amide bonds. The fourth-order valence-corrected chi connectivity index (χ4v) is 2.28. The number of guanidine groups is 1. The smallest absolute Gasteiger partial charge is 0.217 e. The second-order valence-corrected chi connectivity index (χ2v) is 4.45. The van der Waals surface area contributed by atoms with Crippen LogP contribution in [0.15, 0.2) is 4.99 Å². The number of nitrogens with zero attached hydrogens (tertiary/aromatic N) is 2. The fraction of sp³-hybridized carbons (Fsp3) is 0.833. The quantitative estimate of drug-likeness (QED) is 0.445. The average molecular weight is 368 g/mol. The van der Waals surface area contributed by atoms with Crippen molar-refractivity contribution in [2.24, 2.45) is 16.6 Å². The van der Waals surface area contributed by atoms with Crippen LogP contribution in [0.1, 0.15) is 33.1 Å². The molecular weight excluding hydrogens is 343 g/mol. The van der Waals surface area contributed by atoms with Crippen molar-refractivity contribution < 1.29 is 4.79 Å². The molecule has 106 valence electrons. The van der Waals surface area contributed by atoms with Crippen LogP contribution in [0, 0.1) is 5.92 Å². The summed E-state index contributed by atoms with van der Waals surface area (Å²) in [5.41, 5.74) is 5.26. The number of rotatable bonds is 4. The lowest BCUT2D eigenvalue weighted by Gasteiger charge is -2.34. The Kier molecular flexibility index (Phi) is 9.13. The van der Waals surface area contributed by atoms with Gasteiger partial charge in [-0.05, 0) is 32.6 Å². The predicted molar refractivity (Wildman–Crippen MR) is 85.2 cm³/mol. The number of piperidine rings is 1. The SMILES string of the molecule is CCN=C(NCC)N1CCCC(CC(N)=O)C1.I. The van der Waals surface area contributed by atoms with E-state index in [2.05, 4.69) is 22.1 Å². The van der Waals surface area contributed by atoms with Crippen molar-refractivity contribution in [1.29, 1.82) is 0 Å². The largest absolute Gasteiger partial charge is 0.370 e. The standard InChI is InChI=1S/C12H24N4O.HI/c1-3-14-12(15-4-2)16-7-5-6-10(9-16)8-11(13)17;/h10H,3-9H2,1-2H3,(H2,13,17)(H,14,15);1H. The first-order valence-corrected chi connectivity index (χ1v) is 6.48. The van der Waals surface area contributed by atoms with Crippen molar-refractivity contribution in [2.45, 2.75) is 33.1 Å². The van der Waals surface area contributed by atoms with Crippen LogP contribution in [-0.4, -0.2) is 42.9 Å². The van der Waals surface area contributed by atoms with Crippen LogP contribution in [0.4, 0.5) is 0 Å². The minimum absolute atomic E-state index is 0. The summed E-state index contributed by atoms with van der Waals surface area (Å²) in [4.78, 5) is 17.7. The van der Waals surface area contributed by atoms with Crippen molar-refractivity contribution in [3.05, 3.63) is 0 Å². The number of aliphatic imine (C=N–C) groups is 1. The molecule has 0 aromatic carbocycles. The molecule has 1 unspecified atom stereocenters. The summed E-state index contributed by atoms with van der Waals surface area (Å²) in [6.45, 7) is 7.64. The summed E-state index contributed by atoms with van der Waals surface area (Å²) in [7, 11) is 0. The Morgan fingerprint density at radius 2 is 2.22 bits per heavy atom. The molecule has 0 aromatic heterocycles. The third-order valence-electron chi connectivity index (χ3n) is 2.95. The molecule has 0 aliphatic carbocycles. The van der Waals surface area contributed by atoms with E-state index in [1.54, 1.807) is 0 Å². The molecule has 6 heteroatoms. The van der Waals surface area contributed by atoms with Crippen LogP contribution in [0.25, 0.3) is 0 Å². The number of amides is 1. The second kappa shape index (κ2) is 9.41. The van der Waals surface area contributed by atoms with Crippen molar-refractivity contribution in [1.82, 2.24) is 10.2 Å². The number of carbonyl (C=O) groups is 1. The van der Waals surface area contributed by atoms with Gasteiger partial charge in [-0.15, -0.1) is 24.0 Å². The van der Waals surface area contributed by atoms with Crippen LogP contribution >= 0.6 is 24.0 Å². The van der Waals surface area contributed by atoms with Crippen molar-refractivity contribution in [3.8, 4) is 0 Å². The highest BCUT2D eigenvalue weighted by Gasteiger charge is 2.23. The van der Waals surface area contributed by atoms with E-state index in [4.69, 9.17) is 5.73 Å². The van der Waals surface area contributed by atoms with Gasteiger partial charge >= 0.3 is 0 Å². The van der Waals surface area contributed by atoms with Crippen molar-refractivity contribution >= 4 is 35.8 Å². The topological polar surface area (TPSA) is 70.7 Å². The number of primary amides is 1. The van der Waals surface area contributed by atoms with E-state index in [9.17, 15) is 4.79 Å². The molecular formula is C12H25IN4O. The molecule has 0 radical (unpaired) electrons. The summed E-state index contributed by atoms with van der Waals surface area (Å²) in [6, 6.07) is 0. The van der Waals surface area contributed by atoms with E-state index < -0.39 is 0 Å². The molecule has 0 saturated carbocycles. The van der Waals surface area contributed by atoms with Crippen LogP contribution in [0.2, 0.25) is 0 Å². The minimum atomic E-state index is -0.200. The summed E-state index contributed by atoms with van der Waals surface area (Å²) in [6.07, 6.45) is 2.68. The van der Waals surface area contributed by atoms with Gasteiger partial charge < -0.3 is 16.0 Å². The second-order valence-electron chi connectivity index (χ2n) is 4.45. The third kappa shape index (κ3) is 5.88. The molecule has 0 aromatic rings. The number of nitrogens with one attached hydrogen (secondary N) is 1. The summed E-state index contributed by atoms with van der Waals surface area (Å²) in [5.74, 6) is 1.14. The number of hydrogen-bond donors (Lipinski definition) is 2. The van der Waals surface area contributed by atoms with Crippen molar-refractivity contribution in [3.63, 3.8) is 0 Å². The minimum Gasteiger partial charge on any atom is -0.370 e. The van der Waals surface area contributed by atoms with Gasteiger partial charge in [0.15, 0.2) is 5.96 Å². The molecule has 1 aliphatic heterocycles. The first-order chi connectivity index (χ1) is 8.17. The fourth-order valence-electron chi connectivity index (χ4n) is 2.28. The zero-order valence-electron chi connectivity index (χ0n) is 11.3. The molecule has 1 fully saturated rings. The Hall–Kier alpha value is -0.530. The number of nitrogens with two attached hydrogens (primary N) is 1. The molecule has 1 heterocycles. The van der Waals surface area contributed by atoms with Gasteiger partial charge in [0.25, 0.3) is 0 Å². The molecule has 1 rings (SSSR count). The Labute approximate surface area is 127 Å². The average Bonchev–Trinajstić information content (AvgIpc) is 2.28. The molecule has 1 saturated heterocycles. The van der Waals surface area contributed by atoms with E-state index in [-0.39, 0.29) is 29.9 Å². The molecule has 18 heavy (non-hydrogen) atoms. The van der Waals surface area contributed by atoms with Gasteiger partial charge in [0.1, 0.15) is 0 Å². The van der Waals surface area contributed by atoms with Crippen molar-refractivity contribution in [2.75, 3.05) is 26.2 Å². The van der Waals surface area contributed by atoms with E-state index in [1.165, 1.54) is 0 Å². The van der Waals surface area contributed by atoms with Crippen LogP contribution in [-0.2, 0) is 4.79 Å². The maximum absolute atomic E-state index is 11.0. The summed E-state index contributed by atoms with van der Waals surface area (Å²) in [5, 5.41) is 3.29. The lowest BCUT2D eigenvalue weighted by atomic mass is 9.95. The highest BCUT2D eigenvalue weighted by atomic mass is 127. The maximum Gasteiger partial charge on any atom is 0.217 e. The Morgan fingerprint density at radius 3 is 2.78 bits per heavy atom. The molecule has 1 atom stereocenters. The lowest BCUT2D eigenvalue weighted by Crippen LogP contribution is -2.47. The van der Waals surface area contributed by atoms with Gasteiger partial charge in [0, 0.05) is 32.6 Å². The van der Waals surface area contributed by atoms with Gasteiger partial charge in [-0.25, -0.2) is 0 Å². The van der Waals surface area contributed by atoms with Crippen LogP contribution in [0.3, 0.4) is 0 Å². The van der Waals surface area contributed by atoms with E-state index >= 15 is 0 Å². The summed E-state index contributed by atoms with van der Waals surface area (Å²) >= 11 is 0. The van der Waals surface area contributed by atoms with Gasteiger partial charge in [-0.2, -0.15) is 0 Å². The summed E-state index contributed by atoms with van der Waals surface area (Å²) < 4.78 is 0. The van der Waals surface area contributed by atoms with E-state index in [1.807, 2.05) is 6.92 Å². The monoisotopic (exact) mass is 368 g/mol. The maximum atomic E-state index is 11.0. The number of likely N-dealkylation sites (tertiary alicyclic amines) is 1. The molecule has 0 bridgehead atoms. The predicted octanol–water partition coefficient (Wildman–Crippen LogP) is 1.18. The first-order valence-electron chi connectivity index (χ1n) is 6.48. The van der Waals surface area contributed by atoms with E-state index in [0.29, 0.717) is 12.3 Å². The third-order valence-corrected chi connectivity index (χ3v) is 2.95. The van der Waals surface area contributed by atoms with Gasteiger partial charge in [-0.3, -0.25) is 9.79 Å². The Morgan fingerprint density at radius 1 is 1.50 bits per heavy atom. The Balaban J connectivity index is 0.00000289. The normalized spacial score (nSPS) is 20.2.